The smallest absolute Gasteiger partial charge is 0.405 e. The Labute approximate surface area is 111 Å². The van der Waals surface area contributed by atoms with E-state index >= 15 is 0 Å². The fourth-order valence-electron chi connectivity index (χ4n) is 1.69. The molecule has 20 heavy (non-hydrogen) atoms. The molecular weight excluding hydrogens is 275 g/mol. The fourth-order valence-corrected chi connectivity index (χ4v) is 1.69. The van der Waals surface area contributed by atoms with Gasteiger partial charge in [0, 0.05) is 11.6 Å². The van der Waals surface area contributed by atoms with E-state index in [4.69, 9.17) is 0 Å². The number of alkyl halides is 3. The lowest BCUT2D eigenvalue weighted by Crippen LogP contribution is -2.17. The molecule has 0 bridgehead atoms. The van der Waals surface area contributed by atoms with Crippen LogP contribution in [0.5, 0.6) is 5.75 Å². The summed E-state index contributed by atoms with van der Waals surface area (Å²) < 4.78 is 41.0. The van der Waals surface area contributed by atoms with E-state index in [1.807, 2.05) is 0 Å². The predicted octanol–water partition coefficient (Wildman–Crippen LogP) is 4.16. The molecular formula is C13H8F3NO3. The van der Waals surface area contributed by atoms with Crippen LogP contribution in [-0.4, -0.2) is 11.3 Å². The van der Waals surface area contributed by atoms with Crippen molar-refractivity contribution >= 4 is 5.69 Å². The Bertz CT molecular complexity index is 627. The van der Waals surface area contributed by atoms with Crippen molar-refractivity contribution in [1.82, 2.24) is 0 Å². The largest absolute Gasteiger partial charge is 0.573 e. The molecule has 7 heteroatoms. The molecule has 0 fully saturated rings. The molecule has 0 saturated heterocycles. The highest BCUT2D eigenvalue weighted by Gasteiger charge is 2.33. The normalized spacial score (nSPS) is 11.2. The SMILES string of the molecule is O=[N+]([O-])c1ccc(-c2ccccc2)c(OC(F)(F)F)c1. The molecule has 0 aliphatic heterocycles. The van der Waals surface area contributed by atoms with E-state index in [-0.39, 0.29) is 5.56 Å². The first-order valence-electron chi connectivity index (χ1n) is 5.46. The number of nitro benzene ring substituents is 1. The van der Waals surface area contributed by atoms with Gasteiger partial charge in [-0.3, -0.25) is 10.1 Å². The molecule has 0 aromatic heterocycles. The molecule has 4 nitrogen and oxygen atoms in total. The molecule has 0 aliphatic carbocycles. The van der Waals surface area contributed by atoms with Crippen LogP contribution in [0.15, 0.2) is 48.5 Å². The third kappa shape index (κ3) is 3.25. The predicted molar refractivity (Wildman–Crippen MR) is 65.2 cm³/mol. The van der Waals surface area contributed by atoms with Gasteiger partial charge >= 0.3 is 6.36 Å². The Morgan fingerprint density at radius 2 is 1.70 bits per heavy atom. The van der Waals surface area contributed by atoms with Gasteiger partial charge < -0.3 is 4.74 Å². The Balaban J connectivity index is 2.53. The Morgan fingerprint density at radius 1 is 1.05 bits per heavy atom. The summed E-state index contributed by atoms with van der Waals surface area (Å²) in [5.41, 5.74) is 0.138. The summed E-state index contributed by atoms with van der Waals surface area (Å²) in [7, 11) is 0. The zero-order valence-corrected chi connectivity index (χ0v) is 9.92. The van der Waals surface area contributed by atoms with Crippen LogP contribution in [0.1, 0.15) is 0 Å². The zero-order chi connectivity index (χ0) is 14.8. The molecule has 0 N–H and O–H groups in total. The van der Waals surface area contributed by atoms with E-state index in [0.29, 0.717) is 5.56 Å². The van der Waals surface area contributed by atoms with Crippen molar-refractivity contribution in [2.45, 2.75) is 6.36 Å². The topological polar surface area (TPSA) is 52.4 Å². The highest BCUT2D eigenvalue weighted by Crippen LogP contribution is 2.36. The van der Waals surface area contributed by atoms with Crippen molar-refractivity contribution in [1.29, 1.82) is 0 Å². The van der Waals surface area contributed by atoms with Crippen LogP contribution in [0.3, 0.4) is 0 Å². The molecule has 0 amide bonds. The van der Waals surface area contributed by atoms with Crippen molar-refractivity contribution in [3.63, 3.8) is 0 Å². The molecule has 0 atom stereocenters. The van der Waals surface area contributed by atoms with Crippen LogP contribution < -0.4 is 4.74 Å². The Hall–Kier alpha value is -2.57. The van der Waals surface area contributed by atoms with Crippen molar-refractivity contribution < 1.29 is 22.8 Å². The first-order chi connectivity index (χ1) is 9.37. The molecule has 0 heterocycles. The number of nitrogens with zero attached hydrogens (tertiary/aromatic N) is 1. The molecule has 2 aromatic rings. The maximum Gasteiger partial charge on any atom is 0.573 e. The summed E-state index contributed by atoms with van der Waals surface area (Å²) in [4.78, 5) is 9.86. The average molecular weight is 283 g/mol. The maximum atomic E-state index is 12.4. The standard InChI is InChI=1S/C13H8F3NO3/c14-13(15,16)20-12-8-10(17(18)19)6-7-11(12)9-4-2-1-3-5-9/h1-8H. The Kier molecular flexibility index (Phi) is 3.60. The van der Waals surface area contributed by atoms with Gasteiger partial charge in [0.05, 0.1) is 11.0 Å². The number of halogens is 3. The number of nitro groups is 1. The summed E-state index contributed by atoms with van der Waals surface area (Å²) in [6.45, 7) is 0. The van der Waals surface area contributed by atoms with Crippen molar-refractivity contribution in [2.75, 3.05) is 0 Å². The van der Waals surface area contributed by atoms with Gasteiger partial charge in [-0.15, -0.1) is 13.2 Å². The van der Waals surface area contributed by atoms with Gasteiger partial charge in [0.25, 0.3) is 5.69 Å². The van der Waals surface area contributed by atoms with E-state index in [0.717, 1.165) is 12.1 Å². The molecule has 0 spiro atoms. The van der Waals surface area contributed by atoms with E-state index < -0.39 is 22.7 Å². The van der Waals surface area contributed by atoms with Crippen molar-refractivity contribution in [3.8, 4) is 16.9 Å². The van der Waals surface area contributed by atoms with E-state index in [9.17, 15) is 23.3 Å². The lowest BCUT2D eigenvalue weighted by atomic mass is 10.0. The van der Waals surface area contributed by atoms with Gasteiger partial charge in [-0.1, -0.05) is 30.3 Å². The van der Waals surface area contributed by atoms with Crippen molar-refractivity contribution in [3.05, 3.63) is 58.6 Å². The molecule has 0 aliphatic rings. The van der Waals surface area contributed by atoms with Crippen LogP contribution in [0.2, 0.25) is 0 Å². The van der Waals surface area contributed by atoms with Crippen LogP contribution >= 0.6 is 0 Å². The van der Waals surface area contributed by atoms with E-state index in [1.54, 1.807) is 30.3 Å². The van der Waals surface area contributed by atoms with Gasteiger partial charge in [-0.25, -0.2) is 0 Å². The quantitative estimate of drug-likeness (QED) is 0.627. The average Bonchev–Trinajstić information content (AvgIpc) is 2.37. The second-order valence-electron chi connectivity index (χ2n) is 3.85. The first-order valence-corrected chi connectivity index (χ1v) is 5.46. The summed E-state index contributed by atoms with van der Waals surface area (Å²) in [5.74, 6) is -0.599. The summed E-state index contributed by atoms with van der Waals surface area (Å²) in [6.07, 6.45) is -4.92. The maximum absolute atomic E-state index is 12.4. The highest BCUT2D eigenvalue weighted by atomic mass is 19.4. The number of non-ortho nitro benzene ring substituents is 1. The van der Waals surface area contributed by atoms with Gasteiger partial charge in [0.1, 0.15) is 5.75 Å². The number of benzene rings is 2. The van der Waals surface area contributed by atoms with Gasteiger partial charge in [0.2, 0.25) is 0 Å². The highest BCUT2D eigenvalue weighted by molar-refractivity contribution is 5.72. The molecule has 0 radical (unpaired) electrons. The fraction of sp³-hybridized carbons (Fsp3) is 0.0769. The molecule has 0 saturated carbocycles. The summed E-state index contributed by atoms with van der Waals surface area (Å²) in [5, 5.41) is 10.6. The summed E-state index contributed by atoms with van der Waals surface area (Å²) >= 11 is 0. The monoisotopic (exact) mass is 283 g/mol. The minimum absolute atomic E-state index is 0.133. The lowest BCUT2D eigenvalue weighted by Gasteiger charge is -2.13. The van der Waals surface area contributed by atoms with Crippen LogP contribution in [0.4, 0.5) is 18.9 Å². The Morgan fingerprint density at radius 3 is 2.25 bits per heavy atom. The first kappa shape index (κ1) is 13.9. The minimum atomic E-state index is -4.92. The minimum Gasteiger partial charge on any atom is -0.405 e. The third-order valence-corrected chi connectivity index (χ3v) is 2.49. The molecule has 2 rings (SSSR count). The van der Waals surface area contributed by atoms with Crippen molar-refractivity contribution in [2.24, 2.45) is 0 Å². The van der Waals surface area contributed by atoms with Gasteiger partial charge in [-0.05, 0) is 11.6 Å². The molecule has 104 valence electrons. The van der Waals surface area contributed by atoms with Crippen LogP contribution in [-0.2, 0) is 0 Å². The number of hydrogen-bond donors (Lipinski definition) is 0. The van der Waals surface area contributed by atoms with Crippen LogP contribution in [0, 0.1) is 10.1 Å². The lowest BCUT2D eigenvalue weighted by molar-refractivity contribution is -0.385. The molecule has 2 aromatic carbocycles. The van der Waals surface area contributed by atoms with Gasteiger partial charge in [0.15, 0.2) is 0 Å². The number of hydrogen-bond acceptors (Lipinski definition) is 3. The molecule has 0 unspecified atom stereocenters. The van der Waals surface area contributed by atoms with E-state index in [2.05, 4.69) is 4.74 Å². The summed E-state index contributed by atoms with van der Waals surface area (Å²) in [6, 6.07) is 11.3. The number of ether oxygens (including phenoxy) is 1. The van der Waals surface area contributed by atoms with Crippen LogP contribution in [0.25, 0.3) is 11.1 Å². The second-order valence-corrected chi connectivity index (χ2v) is 3.85. The second kappa shape index (κ2) is 5.20. The van der Waals surface area contributed by atoms with E-state index in [1.165, 1.54) is 6.07 Å². The number of rotatable bonds is 3. The third-order valence-electron chi connectivity index (χ3n) is 2.49. The van der Waals surface area contributed by atoms with Gasteiger partial charge in [-0.2, -0.15) is 0 Å². The zero-order valence-electron chi connectivity index (χ0n) is 9.92.